The van der Waals surface area contributed by atoms with Crippen molar-refractivity contribution < 1.29 is 4.92 Å². The lowest BCUT2D eigenvalue weighted by atomic mass is 9.89. The number of nitrogens with zero attached hydrogens (tertiary/aromatic N) is 2. The highest BCUT2D eigenvalue weighted by Crippen LogP contribution is 2.30. The second-order valence-corrected chi connectivity index (χ2v) is 6.05. The molecule has 108 valence electrons. The Morgan fingerprint density at radius 1 is 1.00 bits per heavy atom. The molecule has 1 aliphatic heterocycles. The fourth-order valence-corrected chi connectivity index (χ4v) is 3.48. The molecule has 20 heavy (non-hydrogen) atoms. The van der Waals surface area contributed by atoms with Crippen LogP contribution in [0.1, 0.15) is 48.8 Å². The van der Waals surface area contributed by atoms with Gasteiger partial charge in [-0.1, -0.05) is 6.42 Å². The topological polar surface area (TPSA) is 46.4 Å². The van der Waals surface area contributed by atoms with E-state index >= 15 is 0 Å². The maximum Gasteiger partial charge on any atom is 0.274 e. The van der Waals surface area contributed by atoms with Crippen LogP contribution in [0.2, 0.25) is 0 Å². The standard InChI is InChI=1S/C16H22N2O2/c19-18(20)16-11-14-7-3-2-6-13(14)10-15(16)12-17-8-4-1-5-9-17/h10-11H,1-9,12H2. The summed E-state index contributed by atoms with van der Waals surface area (Å²) in [6.07, 6.45) is 8.20. The quantitative estimate of drug-likeness (QED) is 0.626. The van der Waals surface area contributed by atoms with E-state index in [1.165, 1.54) is 36.8 Å². The predicted molar refractivity (Wildman–Crippen MR) is 78.9 cm³/mol. The first-order chi connectivity index (χ1) is 9.74. The molecule has 3 rings (SSSR count). The van der Waals surface area contributed by atoms with Gasteiger partial charge in [0.2, 0.25) is 0 Å². The maximum atomic E-state index is 11.3. The Morgan fingerprint density at radius 2 is 1.65 bits per heavy atom. The van der Waals surface area contributed by atoms with Gasteiger partial charge in [-0.05, 0) is 68.8 Å². The van der Waals surface area contributed by atoms with Crippen molar-refractivity contribution in [3.63, 3.8) is 0 Å². The number of piperidine rings is 1. The third kappa shape index (κ3) is 2.85. The van der Waals surface area contributed by atoms with Gasteiger partial charge in [0.25, 0.3) is 5.69 Å². The molecule has 1 aromatic rings. The molecule has 4 nitrogen and oxygen atoms in total. The van der Waals surface area contributed by atoms with E-state index < -0.39 is 0 Å². The van der Waals surface area contributed by atoms with Gasteiger partial charge in [0.1, 0.15) is 0 Å². The number of fused-ring (bicyclic) bond motifs is 1. The van der Waals surface area contributed by atoms with Gasteiger partial charge in [0.05, 0.1) is 4.92 Å². The van der Waals surface area contributed by atoms with Crippen LogP contribution in [0.3, 0.4) is 0 Å². The molecule has 0 aromatic heterocycles. The van der Waals surface area contributed by atoms with E-state index in [0.717, 1.165) is 44.5 Å². The molecule has 1 aliphatic carbocycles. The molecule has 0 saturated carbocycles. The number of rotatable bonds is 3. The largest absolute Gasteiger partial charge is 0.299 e. The summed E-state index contributed by atoms with van der Waals surface area (Å²) in [6, 6.07) is 3.95. The lowest BCUT2D eigenvalue weighted by Gasteiger charge is -2.27. The third-order valence-corrected chi connectivity index (χ3v) is 4.58. The van der Waals surface area contributed by atoms with Crippen molar-refractivity contribution >= 4 is 5.69 Å². The number of likely N-dealkylation sites (tertiary alicyclic amines) is 1. The van der Waals surface area contributed by atoms with Crippen molar-refractivity contribution in [1.29, 1.82) is 0 Å². The van der Waals surface area contributed by atoms with Crippen LogP contribution in [-0.2, 0) is 19.4 Å². The summed E-state index contributed by atoms with van der Waals surface area (Å²) in [5, 5.41) is 11.3. The second-order valence-electron chi connectivity index (χ2n) is 6.05. The molecule has 1 heterocycles. The van der Waals surface area contributed by atoms with Crippen molar-refractivity contribution in [3.8, 4) is 0 Å². The van der Waals surface area contributed by atoms with Crippen LogP contribution in [0.25, 0.3) is 0 Å². The predicted octanol–water partition coefficient (Wildman–Crippen LogP) is 3.46. The van der Waals surface area contributed by atoms with Gasteiger partial charge in [-0.3, -0.25) is 15.0 Å². The first kappa shape index (κ1) is 13.6. The minimum atomic E-state index is -0.200. The van der Waals surface area contributed by atoms with E-state index in [1.54, 1.807) is 0 Å². The minimum absolute atomic E-state index is 0.200. The van der Waals surface area contributed by atoms with Crippen LogP contribution >= 0.6 is 0 Å². The average molecular weight is 274 g/mol. The Hall–Kier alpha value is -1.42. The lowest BCUT2D eigenvalue weighted by molar-refractivity contribution is -0.385. The van der Waals surface area contributed by atoms with E-state index in [2.05, 4.69) is 11.0 Å². The van der Waals surface area contributed by atoms with Crippen LogP contribution in [0.4, 0.5) is 5.69 Å². The zero-order valence-electron chi connectivity index (χ0n) is 11.9. The Morgan fingerprint density at radius 3 is 2.30 bits per heavy atom. The number of hydrogen-bond donors (Lipinski definition) is 0. The second kappa shape index (κ2) is 5.92. The third-order valence-electron chi connectivity index (χ3n) is 4.58. The van der Waals surface area contributed by atoms with Crippen LogP contribution in [-0.4, -0.2) is 22.9 Å². The van der Waals surface area contributed by atoms with Gasteiger partial charge in [0, 0.05) is 18.2 Å². The summed E-state index contributed by atoms with van der Waals surface area (Å²) in [4.78, 5) is 13.5. The van der Waals surface area contributed by atoms with Gasteiger partial charge in [-0.25, -0.2) is 0 Å². The van der Waals surface area contributed by atoms with E-state index in [4.69, 9.17) is 0 Å². The van der Waals surface area contributed by atoms with Gasteiger partial charge >= 0.3 is 0 Å². The average Bonchev–Trinajstić information content (AvgIpc) is 2.47. The van der Waals surface area contributed by atoms with Crippen molar-refractivity contribution in [2.75, 3.05) is 13.1 Å². The molecule has 1 aromatic carbocycles. The van der Waals surface area contributed by atoms with Crippen molar-refractivity contribution in [1.82, 2.24) is 4.90 Å². The van der Waals surface area contributed by atoms with Crippen molar-refractivity contribution in [2.45, 2.75) is 51.5 Å². The summed E-state index contributed by atoms with van der Waals surface area (Å²) in [7, 11) is 0. The molecule has 0 bridgehead atoms. The summed E-state index contributed by atoms with van der Waals surface area (Å²) in [5.74, 6) is 0. The van der Waals surface area contributed by atoms with E-state index in [0.29, 0.717) is 5.69 Å². The Bertz CT molecular complexity index is 507. The molecule has 0 N–H and O–H groups in total. The fourth-order valence-electron chi connectivity index (χ4n) is 3.48. The van der Waals surface area contributed by atoms with Gasteiger partial charge in [-0.2, -0.15) is 0 Å². The minimum Gasteiger partial charge on any atom is -0.299 e. The van der Waals surface area contributed by atoms with Crippen LogP contribution in [0.15, 0.2) is 12.1 Å². The lowest BCUT2D eigenvalue weighted by Crippen LogP contribution is -2.29. The van der Waals surface area contributed by atoms with E-state index in [1.807, 2.05) is 6.07 Å². The molecule has 2 aliphatic rings. The van der Waals surface area contributed by atoms with Crippen molar-refractivity contribution in [2.24, 2.45) is 0 Å². The normalized spacial score (nSPS) is 19.6. The SMILES string of the molecule is O=[N+]([O-])c1cc2c(cc1CN1CCCCC1)CCCC2. The van der Waals surface area contributed by atoms with E-state index in [-0.39, 0.29) is 4.92 Å². The summed E-state index contributed by atoms with van der Waals surface area (Å²) < 4.78 is 0. The fraction of sp³-hybridized carbons (Fsp3) is 0.625. The highest BCUT2D eigenvalue weighted by atomic mass is 16.6. The number of hydrogen-bond acceptors (Lipinski definition) is 3. The van der Waals surface area contributed by atoms with Crippen molar-refractivity contribution in [3.05, 3.63) is 38.9 Å². The molecular formula is C16H22N2O2. The van der Waals surface area contributed by atoms with Crippen LogP contribution in [0.5, 0.6) is 0 Å². The molecule has 0 atom stereocenters. The molecule has 1 fully saturated rings. The smallest absolute Gasteiger partial charge is 0.274 e. The zero-order chi connectivity index (χ0) is 13.9. The molecular weight excluding hydrogens is 252 g/mol. The maximum absolute atomic E-state index is 11.3. The highest BCUT2D eigenvalue weighted by molar-refractivity contribution is 5.48. The van der Waals surface area contributed by atoms with Crippen LogP contribution < -0.4 is 0 Å². The molecule has 0 unspecified atom stereocenters. The zero-order valence-corrected chi connectivity index (χ0v) is 11.9. The summed E-state index contributed by atoms with van der Waals surface area (Å²) >= 11 is 0. The number of nitro groups is 1. The van der Waals surface area contributed by atoms with Gasteiger partial charge in [-0.15, -0.1) is 0 Å². The molecule has 4 heteroatoms. The Balaban J connectivity index is 1.88. The Kier molecular flexibility index (Phi) is 4.01. The van der Waals surface area contributed by atoms with Gasteiger partial charge < -0.3 is 0 Å². The highest BCUT2D eigenvalue weighted by Gasteiger charge is 2.22. The molecule has 0 amide bonds. The molecule has 0 radical (unpaired) electrons. The summed E-state index contributed by atoms with van der Waals surface area (Å²) in [6.45, 7) is 2.89. The number of benzene rings is 1. The number of aryl methyl sites for hydroxylation is 2. The number of nitro benzene ring substituents is 1. The first-order valence-corrected chi connectivity index (χ1v) is 7.75. The van der Waals surface area contributed by atoms with E-state index in [9.17, 15) is 10.1 Å². The Labute approximate surface area is 119 Å². The monoisotopic (exact) mass is 274 g/mol. The first-order valence-electron chi connectivity index (χ1n) is 7.75. The summed E-state index contributed by atoms with van der Waals surface area (Å²) in [5.41, 5.74) is 3.79. The molecule has 1 saturated heterocycles. The van der Waals surface area contributed by atoms with Crippen LogP contribution in [0, 0.1) is 10.1 Å². The molecule has 0 spiro atoms. The van der Waals surface area contributed by atoms with Gasteiger partial charge in [0.15, 0.2) is 0 Å².